The van der Waals surface area contributed by atoms with Crippen LogP contribution in [-0.4, -0.2) is 42.1 Å². The number of nitrogens with one attached hydrogen (secondary N) is 1. The van der Waals surface area contributed by atoms with Crippen LogP contribution in [-0.2, 0) is 14.4 Å². The van der Waals surface area contributed by atoms with E-state index in [4.69, 9.17) is 0 Å². The molecule has 2 amide bonds. The van der Waals surface area contributed by atoms with E-state index in [2.05, 4.69) is 5.32 Å². The lowest BCUT2D eigenvalue weighted by Gasteiger charge is -2.21. The van der Waals surface area contributed by atoms with Crippen LogP contribution in [0, 0.1) is 0 Å². The van der Waals surface area contributed by atoms with Gasteiger partial charge in [0.1, 0.15) is 6.04 Å². The van der Waals surface area contributed by atoms with Crippen LogP contribution < -0.4 is 5.32 Å². The summed E-state index contributed by atoms with van der Waals surface area (Å²) in [6, 6.07) is -0.462. The maximum absolute atomic E-state index is 11.4. The molecular formula is C9H14N2O3. The van der Waals surface area contributed by atoms with Crippen LogP contribution in [0.15, 0.2) is 0 Å². The Hall–Kier alpha value is -1.39. The van der Waals surface area contributed by atoms with Gasteiger partial charge in [-0.1, -0.05) is 0 Å². The SMILES string of the molecule is CNC(=O)[C@@H]1CCCN1C(=O)C(C)=O. The van der Waals surface area contributed by atoms with Gasteiger partial charge in [0.15, 0.2) is 0 Å². The number of carbonyl (C=O) groups excluding carboxylic acids is 3. The minimum atomic E-state index is -0.559. The Morgan fingerprint density at radius 2 is 2.00 bits per heavy atom. The highest BCUT2D eigenvalue weighted by molar-refractivity contribution is 6.35. The minimum absolute atomic E-state index is 0.197. The molecule has 78 valence electrons. The van der Waals surface area contributed by atoms with Crippen molar-refractivity contribution in [2.45, 2.75) is 25.8 Å². The molecule has 1 heterocycles. The predicted octanol–water partition coefficient (Wildman–Crippen LogP) is -0.688. The van der Waals surface area contributed by atoms with Gasteiger partial charge in [0, 0.05) is 20.5 Å². The summed E-state index contributed by atoms with van der Waals surface area (Å²) in [5.41, 5.74) is 0. The summed E-state index contributed by atoms with van der Waals surface area (Å²) < 4.78 is 0. The van der Waals surface area contributed by atoms with E-state index in [1.54, 1.807) is 0 Å². The zero-order valence-electron chi connectivity index (χ0n) is 8.37. The van der Waals surface area contributed by atoms with E-state index in [0.717, 1.165) is 6.42 Å². The summed E-state index contributed by atoms with van der Waals surface area (Å²) in [5, 5.41) is 2.49. The molecule has 0 saturated carbocycles. The zero-order valence-corrected chi connectivity index (χ0v) is 8.37. The second-order valence-electron chi connectivity index (χ2n) is 3.33. The van der Waals surface area contributed by atoms with Gasteiger partial charge in [-0.3, -0.25) is 14.4 Å². The molecule has 1 aliphatic rings. The number of likely N-dealkylation sites (N-methyl/N-ethyl adjacent to an activating group) is 1. The average molecular weight is 198 g/mol. The lowest BCUT2D eigenvalue weighted by atomic mass is 10.2. The highest BCUT2D eigenvalue weighted by Gasteiger charge is 2.34. The van der Waals surface area contributed by atoms with Gasteiger partial charge in [-0.25, -0.2) is 0 Å². The maximum Gasteiger partial charge on any atom is 0.290 e. The maximum atomic E-state index is 11.4. The molecule has 0 radical (unpaired) electrons. The lowest BCUT2D eigenvalue weighted by molar-refractivity contribution is -0.146. The van der Waals surface area contributed by atoms with Crippen LogP contribution in [0.4, 0.5) is 0 Å². The monoisotopic (exact) mass is 198 g/mol. The van der Waals surface area contributed by atoms with Crippen molar-refractivity contribution in [1.82, 2.24) is 10.2 Å². The number of Topliss-reactive ketones (excluding diaryl/α,β-unsaturated/α-hetero) is 1. The zero-order chi connectivity index (χ0) is 10.7. The predicted molar refractivity (Wildman–Crippen MR) is 49.5 cm³/mol. The molecule has 0 aromatic rings. The molecule has 0 aliphatic carbocycles. The van der Waals surface area contributed by atoms with Crippen molar-refractivity contribution in [2.75, 3.05) is 13.6 Å². The van der Waals surface area contributed by atoms with Crippen molar-refractivity contribution in [3.8, 4) is 0 Å². The van der Waals surface area contributed by atoms with E-state index in [0.29, 0.717) is 13.0 Å². The van der Waals surface area contributed by atoms with Crippen molar-refractivity contribution >= 4 is 17.6 Å². The molecule has 0 bridgehead atoms. The van der Waals surface area contributed by atoms with Crippen LogP contribution in [0.2, 0.25) is 0 Å². The van der Waals surface area contributed by atoms with E-state index >= 15 is 0 Å². The Morgan fingerprint density at radius 3 is 2.50 bits per heavy atom. The van der Waals surface area contributed by atoms with Gasteiger partial charge in [-0.2, -0.15) is 0 Å². The number of nitrogens with zero attached hydrogens (tertiary/aromatic N) is 1. The van der Waals surface area contributed by atoms with Crippen molar-refractivity contribution in [1.29, 1.82) is 0 Å². The van der Waals surface area contributed by atoms with Crippen LogP contribution in [0.1, 0.15) is 19.8 Å². The molecule has 1 N–H and O–H groups in total. The van der Waals surface area contributed by atoms with Gasteiger partial charge < -0.3 is 10.2 Å². The number of rotatable bonds is 2. The third-order valence-corrected chi connectivity index (χ3v) is 2.36. The van der Waals surface area contributed by atoms with Gasteiger partial charge >= 0.3 is 0 Å². The number of ketones is 1. The Labute approximate surface area is 82.4 Å². The quantitative estimate of drug-likeness (QED) is 0.597. The molecule has 5 nitrogen and oxygen atoms in total. The Bertz CT molecular complexity index is 275. The lowest BCUT2D eigenvalue weighted by Crippen LogP contribution is -2.46. The molecule has 1 atom stereocenters. The van der Waals surface area contributed by atoms with Gasteiger partial charge in [0.2, 0.25) is 11.7 Å². The highest BCUT2D eigenvalue weighted by atomic mass is 16.2. The fourth-order valence-corrected chi connectivity index (χ4v) is 1.65. The van der Waals surface area contributed by atoms with Crippen LogP contribution in [0.5, 0.6) is 0 Å². The second-order valence-corrected chi connectivity index (χ2v) is 3.33. The molecule has 1 aliphatic heterocycles. The van der Waals surface area contributed by atoms with Gasteiger partial charge in [0.25, 0.3) is 5.91 Å². The minimum Gasteiger partial charge on any atom is -0.357 e. The molecule has 0 unspecified atom stereocenters. The Balaban J connectivity index is 2.73. The van der Waals surface area contributed by atoms with Crippen LogP contribution in [0.3, 0.4) is 0 Å². The Morgan fingerprint density at radius 1 is 1.36 bits per heavy atom. The largest absolute Gasteiger partial charge is 0.357 e. The first-order valence-electron chi connectivity index (χ1n) is 4.61. The molecule has 14 heavy (non-hydrogen) atoms. The number of carbonyl (C=O) groups is 3. The molecule has 0 aromatic heterocycles. The standard InChI is InChI=1S/C9H14N2O3/c1-6(12)9(14)11-5-3-4-7(11)8(13)10-2/h7H,3-5H2,1-2H3,(H,10,13)/t7-/m0/s1. The summed E-state index contributed by atoms with van der Waals surface area (Å²) in [4.78, 5) is 34.9. The molecular weight excluding hydrogens is 184 g/mol. The first-order chi connectivity index (χ1) is 6.57. The molecule has 0 spiro atoms. The van der Waals surface area contributed by atoms with E-state index < -0.39 is 17.7 Å². The van der Waals surface area contributed by atoms with Crippen molar-refractivity contribution in [3.05, 3.63) is 0 Å². The molecule has 5 heteroatoms. The number of hydrogen-bond donors (Lipinski definition) is 1. The first-order valence-corrected chi connectivity index (χ1v) is 4.61. The van der Waals surface area contributed by atoms with Crippen molar-refractivity contribution in [2.24, 2.45) is 0 Å². The summed E-state index contributed by atoms with van der Waals surface area (Å²) in [7, 11) is 1.52. The fourth-order valence-electron chi connectivity index (χ4n) is 1.65. The average Bonchev–Trinajstić information content (AvgIpc) is 2.63. The topological polar surface area (TPSA) is 66.5 Å². The number of likely N-dealkylation sites (tertiary alicyclic amines) is 1. The summed E-state index contributed by atoms with van der Waals surface area (Å²) >= 11 is 0. The molecule has 1 fully saturated rings. The van der Waals surface area contributed by atoms with Crippen LogP contribution in [0.25, 0.3) is 0 Å². The summed E-state index contributed by atoms with van der Waals surface area (Å²) in [5.74, 6) is -1.27. The second kappa shape index (κ2) is 4.21. The van der Waals surface area contributed by atoms with E-state index in [1.165, 1.54) is 18.9 Å². The molecule has 0 aromatic carbocycles. The fraction of sp³-hybridized carbons (Fsp3) is 0.667. The summed E-state index contributed by atoms with van der Waals surface area (Å²) in [6.07, 6.45) is 1.41. The van der Waals surface area contributed by atoms with Gasteiger partial charge in [-0.05, 0) is 12.8 Å². The first kappa shape index (κ1) is 10.7. The molecule has 1 saturated heterocycles. The normalized spacial score (nSPS) is 20.7. The number of amides is 2. The van der Waals surface area contributed by atoms with E-state index in [9.17, 15) is 14.4 Å². The highest BCUT2D eigenvalue weighted by Crippen LogP contribution is 2.17. The number of hydrogen-bond acceptors (Lipinski definition) is 3. The third-order valence-electron chi connectivity index (χ3n) is 2.36. The van der Waals surface area contributed by atoms with Crippen LogP contribution >= 0.6 is 0 Å². The van der Waals surface area contributed by atoms with Crippen molar-refractivity contribution < 1.29 is 14.4 Å². The smallest absolute Gasteiger partial charge is 0.290 e. The third kappa shape index (κ3) is 1.92. The summed E-state index contributed by atoms with van der Waals surface area (Å²) in [6.45, 7) is 1.72. The van der Waals surface area contributed by atoms with E-state index in [1.807, 2.05) is 0 Å². The van der Waals surface area contributed by atoms with Gasteiger partial charge in [-0.15, -0.1) is 0 Å². The van der Waals surface area contributed by atoms with Gasteiger partial charge in [0.05, 0.1) is 0 Å². The molecule has 1 rings (SSSR count). The van der Waals surface area contributed by atoms with E-state index in [-0.39, 0.29) is 5.91 Å². The Kier molecular flexibility index (Phi) is 3.22. The van der Waals surface area contributed by atoms with Crippen molar-refractivity contribution in [3.63, 3.8) is 0 Å².